The molecule has 2 rings (SSSR count). The Morgan fingerprint density at radius 1 is 1.33 bits per heavy atom. The second-order valence-electron chi connectivity index (χ2n) is 4.40. The lowest BCUT2D eigenvalue weighted by Gasteiger charge is -2.38. The average Bonchev–Trinajstić information content (AvgIpc) is 2.35. The number of benzene rings is 1. The first-order valence-corrected chi connectivity index (χ1v) is 6.06. The van der Waals surface area contributed by atoms with Crippen LogP contribution in [-0.4, -0.2) is 42.8 Å². The van der Waals surface area contributed by atoms with Gasteiger partial charge in [0.15, 0.2) is 0 Å². The van der Waals surface area contributed by atoms with Gasteiger partial charge < -0.3 is 14.4 Å². The lowest BCUT2D eigenvalue weighted by atomic mass is 10.0. The van der Waals surface area contributed by atoms with Crippen molar-refractivity contribution in [2.45, 2.75) is 18.8 Å². The maximum Gasteiger partial charge on any atom is 0.573 e. The van der Waals surface area contributed by atoms with Gasteiger partial charge in [0.25, 0.3) is 5.91 Å². The van der Waals surface area contributed by atoms with Crippen LogP contribution in [0.5, 0.6) is 5.75 Å². The fourth-order valence-electron chi connectivity index (χ4n) is 2.00. The Kier molecular flexibility index (Phi) is 4.06. The third-order valence-electron chi connectivity index (χ3n) is 3.07. The number of hydrogen-bond donors (Lipinski definition) is 0. The predicted octanol–water partition coefficient (Wildman–Crippen LogP) is 1.97. The Bertz CT molecular complexity index is 559. The van der Waals surface area contributed by atoms with Gasteiger partial charge in [-0.25, -0.2) is 4.79 Å². The van der Waals surface area contributed by atoms with E-state index < -0.39 is 30.0 Å². The largest absolute Gasteiger partial charge is 0.573 e. The molecule has 1 amide bonds. The summed E-state index contributed by atoms with van der Waals surface area (Å²) in [6.07, 6.45) is -4.36. The minimum absolute atomic E-state index is 0.0188. The first kappa shape index (κ1) is 15.1. The van der Waals surface area contributed by atoms with Gasteiger partial charge in [0.05, 0.1) is 7.11 Å². The number of carbonyl (C=O) groups excluding carboxylic acids is 2. The number of hydrogen-bond acceptors (Lipinski definition) is 4. The quantitative estimate of drug-likeness (QED) is 0.801. The van der Waals surface area contributed by atoms with Crippen molar-refractivity contribution in [3.63, 3.8) is 0 Å². The molecule has 0 bridgehead atoms. The van der Waals surface area contributed by atoms with Crippen molar-refractivity contribution in [2.75, 3.05) is 13.7 Å². The van der Waals surface area contributed by atoms with Gasteiger partial charge in [0, 0.05) is 12.1 Å². The molecule has 0 spiro atoms. The molecule has 0 aliphatic carbocycles. The first-order chi connectivity index (χ1) is 9.81. The summed E-state index contributed by atoms with van der Waals surface area (Å²) in [6.45, 7) is 0.350. The number of halogens is 3. The third-order valence-corrected chi connectivity index (χ3v) is 3.07. The number of methoxy groups -OCH3 is 1. The summed E-state index contributed by atoms with van der Waals surface area (Å²) in [7, 11) is 1.21. The minimum atomic E-state index is -4.83. The minimum Gasteiger partial charge on any atom is -0.467 e. The molecule has 1 aromatic rings. The summed E-state index contributed by atoms with van der Waals surface area (Å²) in [4.78, 5) is 24.8. The fourth-order valence-corrected chi connectivity index (χ4v) is 2.00. The van der Waals surface area contributed by atoms with E-state index in [1.807, 2.05) is 0 Å². The monoisotopic (exact) mass is 303 g/mol. The Labute approximate surface area is 118 Å². The molecule has 1 fully saturated rings. The second-order valence-corrected chi connectivity index (χ2v) is 4.40. The van der Waals surface area contributed by atoms with Gasteiger partial charge >= 0.3 is 12.3 Å². The molecular weight excluding hydrogens is 291 g/mol. The normalized spacial score (nSPS) is 17.9. The topological polar surface area (TPSA) is 55.8 Å². The summed E-state index contributed by atoms with van der Waals surface area (Å²) in [5.74, 6) is -1.56. The Balaban J connectivity index is 2.13. The number of likely N-dealkylation sites (tertiary alicyclic amines) is 1. The molecular formula is C13H12F3NO4. The maximum atomic E-state index is 12.2. The van der Waals surface area contributed by atoms with E-state index in [1.165, 1.54) is 24.1 Å². The average molecular weight is 303 g/mol. The van der Waals surface area contributed by atoms with Gasteiger partial charge in [0.2, 0.25) is 0 Å². The fraction of sp³-hybridized carbons (Fsp3) is 0.385. The van der Waals surface area contributed by atoms with E-state index in [0.29, 0.717) is 13.0 Å². The standard InChI is InChI=1S/C13H12F3NO4/c1-20-12(19)10-5-6-17(10)11(18)8-3-2-4-9(7-8)21-13(14,15)16/h2-4,7,10H,5-6H2,1H3/t10-/m1/s1. The van der Waals surface area contributed by atoms with E-state index in [0.717, 1.165) is 12.1 Å². The van der Waals surface area contributed by atoms with Crippen molar-refractivity contribution in [3.05, 3.63) is 29.8 Å². The summed E-state index contributed by atoms with van der Waals surface area (Å²) in [5, 5.41) is 0. The van der Waals surface area contributed by atoms with Crippen LogP contribution in [0.2, 0.25) is 0 Å². The van der Waals surface area contributed by atoms with Crippen LogP contribution in [0, 0.1) is 0 Å². The summed E-state index contributed by atoms with van der Waals surface area (Å²) >= 11 is 0. The smallest absolute Gasteiger partial charge is 0.467 e. The lowest BCUT2D eigenvalue weighted by Crippen LogP contribution is -2.55. The van der Waals surface area contributed by atoms with Crippen molar-refractivity contribution in [2.24, 2.45) is 0 Å². The molecule has 0 saturated carbocycles. The van der Waals surface area contributed by atoms with Crippen LogP contribution >= 0.6 is 0 Å². The van der Waals surface area contributed by atoms with Crippen molar-refractivity contribution in [1.29, 1.82) is 0 Å². The molecule has 0 unspecified atom stereocenters. The maximum absolute atomic E-state index is 12.2. The van der Waals surface area contributed by atoms with Crippen LogP contribution in [0.1, 0.15) is 16.8 Å². The summed E-state index contributed by atoms with van der Waals surface area (Å²) in [5.41, 5.74) is 0.0188. The van der Waals surface area contributed by atoms with Gasteiger partial charge in [0.1, 0.15) is 11.8 Å². The Morgan fingerprint density at radius 3 is 2.57 bits per heavy atom. The molecule has 114 valence electrons. The number of alkyl halides is 3. The SMILES string of the molecule is COC(=O)[C@H]1CCN1C(=O)c1cccc(OC(F)(F)F)c1. The zero-order valence-corrected chi connectivity index (χ0v) is 11.0. The number of esters is 1. The highest BCUT2D eigenvalue weighted by Gasteiger charge is 2.39. The van der Waals surface area contributed by atoms with Gasteiger partial charge in [-0.15, -0.1) is 13.2 Å². The molecule has 0 aromatic heterocycles. The molecule has 1 saturated heterocycles. The van der Waals surface area contributed by atoms with E-state index in [-0.39, 0.29) is 5.56 Å². The van der Waals surface area contributed by atoms with Crippen LogP contribution in [0.25, 0.3) is 0 Å². The van der Waals surface area contributed by atoms with Crippen LogP contribution in [0.4, 0.5) is 13.2 Å². The van der Waals surface area contributed by atoms with E-state index in [2.05, 4.69) is 9.47 Å². The molecule has 8 heteroatoms. The van der Waals surface area contributed by atoms with E-state index in [1.54, 1.807) is 0 Å². The van der Waals surface area contributed by atoms with Gasteiger partial charge in [-0.2, -0.15) is 0 Å². The number of ether oxygens (including phenoxy) is 2. The van der Waals surface area contributed by atoms with E-state index >= 15 is 0 Å². The highest BCUT2D eigenvalue weighted by molar-refractivity contribution is 5.98. The summed E-state index contributed by atoms with van der Waals surface area (Å²) in [6, 6.07) is 4.04. The zero-order chi connectivity index (χ0) is 15.6. The molecule has 1 aliphatic rings. The molecule has 1 heterocycles. The third kappa shape index (κ3) is 3.45. The van der Waals surface area contributed by atoms with Crippen molar-refractivity contribution in [3.8, 4) is 5.75 Å². The van der Waals surface area contributed by atoms with Gasteiger partial charge in [-0.05, 0) is 24.6 Å². The summed E-state index contributed by atoms with van der Waals surface area (Å²) < 4.78 is 44.7. The predicted molar refractivity (Wildman–Crippen MR) is 64.6 cm³/mol. The zero-order valence-electron chi connectivity index (χ0n) is 11.0. The number of nitrogens with zero attached hydrogens (tertiary/aromatic N) is 1. The molecule has 1 atom stereocenters. The lowest BCUT2D eigenvalue weighted by molar-refractivity contribution is -0.274. The highest BCUT2D eigenvalue weighted by atomic mass is 19.4. The molecule has 1 aliphatic heterocycles. The number of carbonyl (C=O) groups is 2. The molecule has 0 N–H and O–H groups in total. The van der Waals surface area contributed by atoms with Gasteiger partial charge in [-0.3, -0.25) is 4.79 Å². The van der Waals surface area contributed by atoms with Crippen LogP contribution in [-0.2, 0) is 9.53 Å². The van der Waals surface area contributed by atoms with Crippen molar-refractivity contribution >= 4 is 11.9 Å². The molecule has 0 radical (unpaired) electrons. The molecule has 5 nitrogen and oxygen atoms in total. The number of amides is 1. The first-order valence-electron chi connectivity index (χ1n) is 6.06. The van der Waals surface area contributed by atoms with Crippen molar-refractivity contribution in [1.82, 2.24) is 4.90 Å². The van der Waals surface area contributed by atoms with Crippen LogP contribution in [0.3, 0.4) is 0 Å². The van der Waals surface area contributed by atoms with Crippen LogP contribution in [0.15, 0.2) is 24.3 Å². The van der Waals surface area contributed by atoms with Crippen LogP contribution < -0.4 is 4.74 Å². The number of rotatable bonds is 3. The Morgan fingerprint density at radius 2 is 2.05 bits per heavy atom. The Hall–Kier alpha value is -2.25. The molecule has 21 heavy (non-hydrogen) atoms. The molecule has 1 aromatic carbocycles. The second kappa shape index (κ2) is 5.63. The van der Waals surface area contributed by atoms with Gasteiger partial charge in [-0.1, -0.05) is 6.07 Å². The van der Waals surface area contributed by atoms with E-state index in [4.69, 9.17) is 0 Å². The van der Waals surface area contributed by atoms with Crippen molar-refractivity contribution < 1.29 is 32.2 Å². The van der Waals surface area contributed by atoms with E-state index in [9.17, 15) is 22.8 Å². The highest BCUT2D eigenvalue weighted by Crippen LogP contribution is 2.26.